The highest BCUT2D eigenvalue weighted by Gasteiger charge is 2.15. The fourth-order valence-corrected chi connectivity index (χ4v) is 3.07. The number of sulfonamides is 1. The predicted molar refractivity (Wildman–Crippen MR) is 74.8 cm³/mol. The number of anilines is 1. The van der Waals surface area contributed by atoms with E-state index >= 15 is 0 Å². The zero-order chi connectivity index (χ0) is 14.0. The Morgan fingerprint density at radius 2 is 2.00 bits per heavy atom. The summed E-state index contributed by atoms with van der Waals surface area (Å²) in [5.41, 5.74) is 0.861. The number of carbonyl (C=O) groups is 1. The lowest BCUT2D eigenvalue weighted by Gasteiger charge is -2.10. The Hall–Kier alpha value is -1.70. The van der Waals surface area contributed by atoms with Crippen molar-refractivity contribution in [1.82, 2.24) is 0 Å². The number of primary sulfonamides is 1. The maximum absolute atomic E-state index is 11.9. The van der Waals surface area contributed by atoms with Gasteiger partial charge >= 0.3 is 0 Å². The molecule has 0 aliphatic rings. The lowest BCUT2D eigenvalue weighted by molar-refractivity contribution is 0.103. The number of nitrogens with two attached hydrogens (primary N) is 1. The molecule has 0 bridgehead atoms. The minimum absolute atomic E-state index is 0.0106. The third-order valence-corrected chi connectivity index (χ3v) is 4.51. The van der Waals surface area contributed by atoms with Gasteiger partial charge in [0.05, 0.1) is 9.77 Å². The third-order valence-electron chi connectivity index (χ3n) is 2.58. The van der Waals surface area contributed by atoms with E-state index in [1.165, 1.54) is 23.5 Å². The normalized spacial score (nSPS) is 11.3. The van der Waals surface area contributed by atoms with Gasteiger partial charge < -0.3 is 5.32 Å². The second kappa shape index (κ2) is 5.12. The number of nitrogens with one attached hydrogen (secondary N) is 1. The quantitative estimate of drug-likeness (QED) is 0.907. The number of amides is 1. The van der Waals surface area contributed by atoms with Crippen molar-refractivity contribution in [2.75, 3.05) is 5.32 Å². The van der Waals surface area contributed by atoms with Crippen molar-refractivity contribution in [2.24, 2.45) is 5.14 Å². The molecule has 1 aromatic carbocycles. The molecule has 0 aliphatic heterocycles. The highest BCUT2D eigenvalue weighted by Crippen LogP contribution is 2.23. The summed E-state index contributed by atoms with van der Waals surface area (Å²) in [7, 11) is -3.79. The molecule has 1 heterocycles. The summed E-state index contributed by atoms with van der Waals surface area (Å²) in [4.78, 5) is 12.5. The van der Waals surface area contributed by atoms with Crippen molar-refractivity contribution < 1.29 is 13.2 Å². The molecule has 7 heteroatoms. The zero-order valence-electron chi connectivity index (χ0n) is 10.1. The fourth-order valence-electron chi connectivity index (χ4n) is 1.65. The molecule has 0 aliphatic carbocycles. The van der Waals surface area contributed by atoms with Crippen LogP contribution in [0.4, 0.5) is 5.69 Å². The van der Waals surface area contributed by atoms with Crippen LogP contribution in [-0.2, 0) is 10.0 Å². The van der Waals surface area contributed by atoms with Crippen LogP contribution in [0.3, 0.4) is 0 Å². The van der Waals surface area contributed by atoms with Crippen molar-refractivity contribution in [1.29, 1.82) is 0 Å². The van der Waals surface area contributed by atoms with Crippen molar-refractivity contribution in [3.05, 3.63) is 46.2 Å². The first kappa shape index (κ1) is 13.7. The van der Waals surface area contributed by atoms with E-state index in [1.54, 1.807) is 30.5 Å². The number of carbonyl (C=O) groups excluding carboxylic acids is 1. The molecular weight excluding hydrogens is 284 g/mol. The topological polar surface area (TPSA) is 89.3 Å². The Bertz CT molecular complexity index is 707. The molecule has 1 amide bonds. The average Bonchev–Trinajstić information content (AvgIpc) is 2.83. The van der Waals surface area contributed by atoms with E-state index in [4.69, 9.17) is 5.14 Å². The van der Waals surface area contributed by atoms with Crippen LogP contribution >= 0.6 is 11.3 Å². The summed E-state index contributed by atoms with van der Waals surface area (Å²) >= 11 is 1.31. The van der Waals surface area contributed by atoms with Gasteiger partial charge in [-0.05, 0) is 36.1 Å². The number of thiophene rings is 1. The van der Waals surface area contributed by atoms with Crippen LogP contribution in [0.1, 0.15) is 15.2 Å². The maximum atomic E-state index is 11.9. The van der Waals surface area contributed by atoms with E-state index in [0.717, 1.165) is 0 Å². The first-order chi connectivity index (χ1) is 8.89. The molecule has 100 valence electrons. The van der Waals surface area contributed by atoms with Crippen molar-refractivity contribution in [3.8, 4) is 0 Å². The molecule has 1 aromatic heterocycles. The predicted octanol–water partition coefficient (Wildman–Crippen LogP) is 1.96. The maximum Gasteiger partial charge on any atom is 0.265 e. The van der Waals surface area contributed by atoms with Gasteiger partial charge in [-0.3, -0.25) is 4.79 Å². The van der Waals surface area contributed by atoms with E-state index < -0.39 is 10.0 Å². The molecule has 0 saturated heterocycles. The number of hydrogen-bond acceptors (Lipinski definition) is 4. The monoisotopic (exact) mass is 296 g/mol. The van der Waals surface area contributed by atoms with Crippen molar-refractivity contribution in [2.45, 2.75) is 11.8 Å². The Morgan fingerprint density at radius 1 is 1.26 bits per heavy atom. The van der Waals surface area contributed by atoms with Crippen LogP contribution in [0.25, 0.3) is 0 Å². The first-order valence-corrected chi connectivity index (χ1v) is 7.79. The summed E-state index contributed by atoms with van der Waals surface area (Å²) in [5, 5.41) is 9.58. The molecule has 0 unspecified atom stereocenters. The summed E-state index contributed by atoms with van der Waals surface area (Å²) in [6.45, 7) is 1.60. The molecule has 19 heavy (non-hydrogen) atoms. The molecule has 0 spiro atoms. The van der Waals surface area contributed by atoms with Gasteiger partial charge in [-0.1, -0.05) is 12.1 Å². The molecule has 2 rings (SSSR count). The van der Waals surface area contributed by atoms with Gasteiger partial charge in [0.1, 0.15) is 0 Å². The van der Waals surface area contributed by atoms with Gasteiger partial charge in [-0.15, -0.1) is 11.3 Å². The van der Waals surface area contributed by atoms with Crippen LogP contribution in [0, 0.1) is 6.92 Å². The average molecular weight is 296 g/mol. The van der Waals surface area contributed by atoms with E-state index in [1.807, 2.05) is 0 Å². The van der Waals surface area contributed by atoms with Crippen molar-refractivity contribution >= 4 is 33.0 Å². The molecule has 0 fully saturated rings. The molecule has 2 aromatic rings. The first-order valence-electron chi connectivity index (χ1n) is 5.37. The van der Waals surface area contributed by atoms with E-state index in [9.17, 15) is 13.2 Å². The summed E-state index contributed by atoms with van der Waals surface area (Å²) in [5.74, 6) is -0.273. The van der Waals surface area contributed by atoms with Crippen LogP contribution in [0.15, 0.2) is 40.6 Å². The van der Waals surface area contributed by atoms with Gasteiger partial charge in [-0.2, -0.15) is 0 Å². The lowest BCUT2D eigenvalue weighted by atomic mass is 10.2. The van der Waals surface area contributed by atoms with Crippen LogP contribution in [0.5, 0.6) is 0 Å². The minimum atomic E-state index is -3.79. The van der Waals surface area contributed by atoms with Gasteiger partial charge in [0.25, 0.3) is 5.91 Å². The number of rotatable bonds is 3. The largest absolute Gasteiger partial charge is 0.321 e. The second-order valence-corrected chi connectivity index (χ2v) is 6.38. The smallest absolute Gasteiger partial charge is 0.265 e. The Labute approximate surface area is 115 Å². The minimum Gasteiger partial charge on any atom is -0.321 e. The highest BCUT2D eigenvalue weighted by atomic mass is 32.2. The third kappa shape index (κ3) is 3.01. The Kier molecular flexibility index (Phi) is 3.70. The van der Waals surface area contributed by atoms with Gasteiger partial charge in [-0.25, -0.2) is 13.6 Å². The fraction of sp³-hybridized carbons (Fsp3) is 0.0833. The standard InChI is InChI=1S/C12H12N2O3S2/c1-8-9(4-2-6-11(8)19(13,16)17)14-12(15)10-5-3-7-18-10/h2-7H,1H3,(H,14,15)(H2,13,16,17). The van der Waals surface area contributed by atoms with E-state index in [-0.39, 0.29) is 10.8 Å². The van der Waals surface area contributed by atoms with Crippen LogP contribution in [0.2, 0.25) is 0 Å². The van der Waals surface area contributed by atoms with E-state index in [2.05, 4.69) is 5.32 Å². The Balaban J connectivity index is 2.35. The van der Waals surface area contributed by atoms with Crippen LogP contribution < -0.4 is 10.5 Å². The lowest BCUT2D eigenvalue weighted by Crippen LogP contribution is -2.16. The SMILES string of the molecule is Cc1c(NC(=O)c2cccs2)cccc1S(N)(=O)=O. The molecule has 0 saturated carbocycles. The molecule has 3 N–H and O–H groups in total. The van der Waals surface area contributed by atoms with Gasteiger partial charge in [0.2, 0.25) is 10.0 Å². The van der Waals surface area contributed by atoms with Crippen LogP contribution in [-0.4, -0.2) is 14.3 Å². The second-order valence-electron chi connectivity index (χ2n) is 3.91. The summed E-state index contributed by atoms with van der Waals surface area (Å²) in [6.07, 6.45) is 0. The Morgan fingerprint density at radius 3 is 2.58 bits per heavy atom. The summed E-state index contributed by atoms with van der Waals surface area (Å²) in [6, 6.07) is 8.05. The molecule has 0 radical (unpaired) electrons. The zero-order valence-corrected chi connectivity index (χ0v) is 11.7. The number of benzene rings is 1. The summed E-state index contributed by atoms with van der Waals surface area (Å²) < 4.78 is 22.8. The molecule has 0 atom stereocenters. The molecular formula is C12H12N2O3S2. The van der Waals surface area contributed by atoms with Gasteiger partial charge in [0, 0.05) is 5.69 Å². The van der Waals surface area contributed by atoms with E-state index in [0.29, 0.717) is 16.1 Å². The molecule has 5 nitrogen and oxygen atoms in total. The van der Waals surface area contributed by atoms with Crippen molar-refractivity contribution in [3.63, 3.8) is 0 Å². The highest BCUT2D eigenvalue weighted by molar-refractivity contribution is 7.89. The van der Waals surface area contributed by atoms with Gasteiger partial charge in [0.15, 0.2) is 0 Å². The number of hydrogen-bond donors (Lipinski definition) is 2.